The van der Waals surface area contributed by atoms with Crippen molar-refractivity contribution in [1.29, 1.82) is 0 Å². The highest BCUT2D eigenvalue weighted by Gasteiger charge is 2.51. The van der Waals surface area contributed by atoms with Gasteiger partial charge in [-0.1, -0.05) is 24.3 Å². The Labute approximate surface area is 175 Å². The maximum atomic E-state index is 13.1. The third-order valence-corrected chi connectivity index (χ3v) is 8.50. The molecular weight excluding hydrogens is 376 g/mol. The molecule has 0 saturated heterocycles. The molecule has 0 radical (unpaired) electrons. The van der Waals surface area contributed by atoms with E-state index in [1.165, 1.54) is 43.2 Å². The highest BCUT2D eigenvalue weighted by Crippen LogP contribution is 2.61. The minimum absolute atomic E-state index is 0.181. The number of rotatable bonds is 4. The first-order valence-electron chi connectivity index (χ1n) is 10.9. The summed E-state index contributed by atoms with van der Waals surface area (Å²) in [6, 6.07) is 16.3. The molecule has 148 valence electrons. The van der Waals surface area contributed by atoms with Gasteiger partial charge in [0, 0.05) is 12.0 Å². The average Bonchev–Trinajstić information content (AvgIpc) is 3.11. The molecule has 1 heterocycles. The van der Waals surface area contributed by atoms with Crippen LogP contribution in [0.5, 0.6) is 0 Å². The third kappa shape index (κ3) is 3.18. The van der Waals surface area contributed by atoms with E-state index >= 15 is 0 Å². The lowest BCUT2D eigenvalue weighted by molar-refractivity contribution is -0.124. The molecule has 4 saturated carbocycles. The van der Waals surface area contributed by atoms with Crippen LogP contribution in [-0.4, -0.2) is 10.9 Å². The molecule has 29 heavy (non-hydrogen) atoms. The van der Waals surface area contributed by atoms with Crippen LogP contribution in [0.3, 0.4) is 0 Å². The molecular formula is C25H26N2OS. The summed E-state index contributed by atoms with van der Waals surface area (Å²) in [6.45, 7) is 0. The van der Waals surface area contributed by atoms with Crippen LogP contribution >= 0.6 is 11.3 Å². The Morgan fingerprint density at radius 3 is 2.34 bits per heavy atom. The molecule has 4 heteroatoms. The summed E-state index contributed by atoms with van der Waals surface area (Å²) < 4.78 is 1.18. The number of nitrogens with zero attached hydrogens (tertiary/aromatic N) is 1. The van der Waals surface area contributed by atoms with E-state index in [0.717, 1.165) is 39.5 Å². The first-order valence-corrected chi connectivity index (χ1v) is 11.7. The number of para-hydroxylation sites is 2. The molecule has 1 amide bonds. The van der Waals surface area contributed by atoms with Gasteiger partial charge >= 0.3 is 0 Å². The lowest BCUT2D eigenvalue weighted by atomic mass is 9.49. The fourth-order valence-electron chi connectivity index (χ4n) is 6.81. The quantitative estimate of drug-likeness (QED) is 0.540. The van der Waals surface area contributed by atoms with Gasteiger partial charge in [-0.3, -0.25) is 4.79 Å². The molecule has 3 nitrogen and oxygen atoms in total. The highest BCUT2D eigenvalue weighted by atomic mass is 32.1. The van der Waals surface area contributed by atoms with Crippen LogP contribution in [0.25, 0.3) is 20.8 Å². The Balaban J connectivity index is 1.25. The number of hydrogen-bond acceptors (Lipinski definition) is 3. The van der Waals surface area contributed by atoms with Crippen molar-refractivity contribution >= 4 is 33.1 Å². The van der Waals surface area contributed by atoms with E-state index in [4.69, 9.17) is 4.98 Å². The molecule has 0 spiro atoms. The predicted octanol–water partition coefficient (Wildman–Crippen LogP) is 6.51. The summed E-state index contributed by atoms with van der Waals surface area (Å²) in [5.41, 5.74) is 3.19. The van der Waals surface area contributed by atoms with Gasteiger partial charge in [0.25, 0.3) is 0 Å². The van der Waals surface area contributed by atoms with E-state index < -0.39 is 0 Å². The Morgan fingerprint density at radius 1 is 0.966 bits per heavy atom. The molecule has 1 aromatic heterocycles. The lowest BCUT2D eigenvalue weighted by Crippen LogP contribution is -2.47. The van der Waals surface area contributed by atoms with Crippen LogP contribution in [0, 0.1) is 23.2 Å². The SMILES string of the molecule is O=C(CC12CC3CC(CC(C3)C1)C2)Nc1ccccc1-c1nc2ccccc2s1. The molecule has 1 N–H and O–H groups in total. The summed E-state index contributed by atoms with van der Waals surface area (Å²) >= 11 is 1.68. The van der Waals surface area contributed by atoms with Crippen molar-refractivity contribution in [2.75, 3.05) is 5.32 Å². The van der Waals surface area contributed by atoms with E-state index in [0.29, 0.717) is 6.42 Å². The highest BCUT2D eigenvalue weighted by molar-refractivity contribution is 7.21. The van der Waals surface area contributed by atoms with Crippen molar-refractivity contribution in [2.45, 2.75) is 44.9 Å². The number of amides is 1. The van der Waals surface area contributed by atoms with Crippen molar-refractivity contribution in [3.05, 3.63) is 48.5 Å². The van der Waals surface area contributed by atoms with Crippen LogP contribution in [0.2, 0.25) is 0 Å². The van der Waals surface area contributed by atoms with Crippen LogP contribution < -0.4 is 5.32 Å². The van der Waals surface area contributed by atoms with Crippen LogP contribution in [-0.2, 0) is 4.79 Å². The van der Waals surface area contributed by atoms with Gasteiger partial charge in [0.05, 0.1) is 15.9 Å². The zero-order valence-corrected chi connectivity index (χ0v) is 17.4. The minimum atomic E-state index is 0.181. The number of benzene rings is 2. The van der Waals surface area contributed by atoms with Crippen LogP contribution in [0.15, 0.2) is 48.5 Å². The van der Waals surface area contributed by atoms with Crippen molar-refractivity contribution in [1.82, 2.24) is 4.98 Å². The van der Waals surface area contributed by atoms with Gasteiger partial charge in [-0.25, -0.2) is 4.98 Å². The molecule has 0 aliphatic heterocycles. The first kappa shape index (κ1) is 17.6. The molecule has 0 unspecified atom stereocenters. The van der Waals surface area contributed by atoms with E-state index in [9.17, 15) is 4.79 Å². The Morgan fingerprint density at radius 2 is 1.62 bits per heavy atom. The Bertz CT molecular complexity index is 1020. The third-order valence-electron chi connectivity index (χ3n) is 7.43. The Kier molecular flexibility index (Phi) is 4.05. The summed E-state index contributed by atoms with van der Waals surface area (Å²) in [7, 11) is 0. The second-order valence-electron chi connectivity index (χ2n) is 9.67. The number of aromatic nitrogens is 1. The molecule has 4 fully saturated rings. The van der Waals surface area contributed by atoms with Crippen LogP contribution in [0.1, 0.15) is 44.9 Å². The number of thiazole rings is 1. The molecule has 0 atom stereocenters. The summed E-state index contributed by atoms with van der Waals surface area (Å²) in [6.07, 6.45) is 8.75. The fraction of sp³-hybridized carbons (Fsp3) is 0.440. The smallest absolute Gasteiger partial charge is 0.224 e. The largest absolute Gasteiger partial charge is 0.325 e. The van der Waals surface area contributed by atoms with Gasteiger partial charge in [-0.15, -0.1) is 11.3 Å². The summed E-state index contributed by atoms with van der Waals surface area (Å²) in [4.78, 5) is 17.9. The summed E-state index contributed by atoms with van der Waals surface area (Å²) in [5.74, 6) is 2.82. The molecule has 7 rings (SSSR count). The lowest BCUT2D eigenvalue weighted by Gasteiger charge is -2.56. The predicted molar refractivity (Wildman–Crippen MR) is 119 cm³/mol. The van der Waals surface area contributed by atoms with Crippen molar-refractivity contribution in [3.63, 3.8) is 0 Å². The number of hydrogen-bond donors (Lipinski definition) is 1. The van der Waals surface area contributed by atoms with Gasteiger partial charge in [-0.2, -0.15) is 0 Å². The standard InChI is InChI=1S/C25H26N2OS/c28-23(15-25-12-16-9-17(13-25)11-18(10-16)14-25)26-20-6-2-1-5-19(20)24-27-21-7-3-4-8-22(21)29-24/h1-8,16-18H,9-15H2,(H,26,28). The van der Waals surface area contributed by atoms with E-state index in [1.807, 2.05) is 36.4 Å². The minimum Gasteiger partial charge on any atom is -0.325 e. The topological polar surface area (TPSA) is 42.0 Å². The van der Waals surface area contributed by atoms with Gasteiger partial charge < -0.3 is 5.32 Å². The van der Waals surface area contributed by atoms with Gasteiger partial charge in [-0.05, 0) is 86.0 Å². The van der Waals surface area contributed by atoms with E-state index in [1.54, 1.807) is 11.3 Å². The normalized spacial score (nSPS) is 30.0. The second kappa shape index (κ2) is 6.66. The molecule has 4 bridgehead atoms. The average molecular weight is 403 g/mol. The van der Waals surface area contributed by atoms with Gasteiger partial charge in [0.2, 0.25) is 5.91 Å². The van der Waals surface area contributed by atoms with Crippen molar-refractivity contribution < 1.29 is 4.79 Å². The van der Waals surface area contributed by atoms with Gasteiger partial charge in [0.15, 0.2) is 0 Å². The number of anilines is 1. The number of fused-ring (bicyclic) bond motifs is 1. The van der Waals surface area contributed by atoms with E-state index in [2.05, 4.69) is 17.4 Å². The molecule has 3 aromatic rings. The maximum Gasteiger partial charge on any atom is 0.224 e. The zero-order valence-electron chi connectivity index (χ0n) is 16.6. The molecule has 4 aliphatic carbocycles. The Hall–Kier alpha value is -2.20. The number of carbonyl (C=O) groups is 1. The second-order valence-corrected chi connectivity index (χ2v) is 10.7. The van der Waals surface area contributed by atoms with Crippen molar-refractivity contribution in [3.8, 4) is 10.6 Å². The first-order chi connectivity index (χ1) is 14.2. The van der Waals surface area contributed by atoms with Crippen molar-refractivity contribution in [2.24, 2.45) is 23.2 Å². The maximum absolute atomic E-state index is 13.1. The monoisotopic (exact) mass is 402 g/mol. The van der Waals surface area contributed by atoms with E-state index in [-0.39, 0.29) is 11.3 Å². The number of carbonyl (C=O) groups excluding carboxylic acids is 1. The molecule has 4 aliphatic rings. The summed E-state index contributed by atoms with van der Waals surface area (Å²) in [5, 5.41) is 4.23. The van der Waals surface area contributed by atoms with Gasteiger partial charge in [0.1, 0.15) is 5.01 Å². The molecule has 2 aromatic carbocycles. The number of nitrogens with one attached hydrogen (secondary N) is 1. The zero-order chi connectivity index (χ0) is 19.4. The fourth-order valence-corrected chi connectivity index (χ4v) is 7.81. The van der Waals surface area contributed by atoms with Crippen LogP contribution in [0.4, 0.5) is 5.69 Å².